The number of halogens is 1. The molecule has 1 aliphatic carbocycles. The lowest BCUT2D eigenvalue weighted by atomic mass is 10.0. The van der Waals surface area contributed by atoms with Crippen LogP contribution in [-0.4, -0.2) is 55.4 Å². The topological polar surface area (TPSA) is 112 Å². The van der Waals surface area contributed by atoms with E-state index >= 15 is 0 Å². The van der Waals surface area contributed by atoms with Gasteiger partial charge >= 0.3 is 0 Å². The Morgan fingerprint density at radius 1 is 1.31 bits per heavy atom. The van der Waals surface area contributed by atoms with Crippen LogP contribution in [0.5, 0.6) is 0 Å². The molecule has 3 aromatic heterocycles. The van der Waals surface area contributed by atoms with Gasteiger partial charge in [0.1, 0.15) is 11.6 Å². The van der Waals surface area contributed by atoms with Crippen molar-refractivity contribution in [3.05, 3.63) is 39.9 Å². The molecule has 1 unspecified atom stereocenters. The first-order valence-electron chi connectivity index (χ1n) is 10.9. The molecule has 32 heavy (non-hydrogen) atoms. The fraction of sp³-hybridized carbons (Fsp3) is 0.500. The third kappa shape index (κ3) is 4.34. The molecule has 1 saturated carbocycles. The number of nitrogens with one attached hydrogen (secondary N) is 2. The third-order valence-electron chi connectivity index (χ3n) is 6.13. The van der Waals surface area contributed by atoms with E-state index in [2.05, 4.69) is 27.5 Å². The summed E-state index contributed by atoms with van der Waals surface area (Å²) >= 11 is 7.92. The first-order chi connectivity index (χ1) is 15.4. The first-order valence-corrected chi connectivity index (χ1v) is 12.1. The zero-order valence-electron chi connectivity index (χ0n) is 18.0. The Balaban J connectivity index is 1.58. The van der Waals surface area contributed by atoms with Crippen molar-refractivity contribution in [1.82, 2.24) is 19.9 Å². The summed E-state index contributed by atoms with van der Waals surface area (Å²) < 4.78 is 1.77. The molecule has 4 rings (SSSR count). The number of aliphatic hydroxyl groups excluding tert-OH is 2. The molecule has 0 spiro atoms. The van der Waals surface area contributed by atoms with Crippen LogP contribution in [0.4, 0.5) is 5.69 Å². The smallest absolute Gasteiger partial charge is 0.225 e. The quantitative estimate of drug-likeness (QED) is 0.397. The van der Waals surface area contributed by atoms with Crippen LogP contribution in [0, 0.1) is 5.92 Å². The number of hydrogen-bond donors (Lipinski definition) is 4. The summed E-state index contributed by atoms with van der Waals surface area (Å²) in [7, 11) is 0. The van der Waals surface area contributed by atoms with E-state index in [1.807, 2.05) is 24.4 Å². The van der Waals surface area contributed by atoms with Crippen LogP contribution in [0.1, 0.15) is 37.6 Å². The molecule has 0 bridgehead atoms. The van der Waals surface area contributed by atoms with Crippen LogP contribution in [0.3, 0.4) is 0 Å². The number of carbonyl (C=O) groups excluding carboxylic acids is 1. The highest BCUT2D eigenvalue weighted by Crippen LogP contribution is 2.37. The Morgan fingerprint density at radius 3 is 2.81 bits per heavy atom. The maximum atomic E-state index is 12.3. The predicted molar refractivity (Wildman–Crippen MR) is 126 cm³/mol. The molecule has 0 saturated heterocycles. The lowest BCUT2D eigenvalue weighted by Crippen LogP contribution is -2.38. The van der Waals surface area contributed by atoms with Gasteiger partial charge in [0, 0.05) is 30.1 Å². The van der Waals surface area contributed by atoms with Gasteiger partial charge in [0.2, 0.25) is 5.91 Å². The Kier molecular flexibility index (Phi) is 6.99. The number of fused-ring (bicyclic) bond motifs is 1. The SMILES string of the molecule is CCNC(=O)[C@H]1CC(n2cnc3c(N[C@H](CC)Cc4sccc4Cl)ccnc32)[C@H](O)[C@@H]1O. The summed E-state index contributed by atoms with van der Waals surface area (Å²) in [5.41, 5.74) is 2.14. The van der Waals surface area contributed by atoms with E-state index in [-0.39, 0.29) is 11.9 Å². The normalized spacial score (nSPS) is 24.0. The summed E-state index contributed by atoms with van der Waals surface area (Å²) in [4.78, 5) is 22.5. The molecule has 0 radical (unpaired) electrons. The summed E-state index contributed by atoms with van der Waals surface area (Å²) in [6.45, 7) is 4.42. The predicted octanol–water partition coefficient (Wildman–Crippen LogP) is 3.00. The molecule has 5 atom stereocenters. The van der Waals surface area contributed by atoms with Gasteiger partial charge in [0.25, 0.3) is 0 Å². The standard InChI is InChI=1S/C22H28ClN5O3S/c1-3-12(9-17-14(23)6-8-32-17)27-15-5-7-25-21-18(15)26-11-28(21)16-10-13(19(29)20(16)30)22(31)24-4-2/h5-8,11-13,16,19-20,29-30H,3-4,9-10H2,1-2H3,(H,24,31)(H,25,27)/t12-,13+,16?,19-,20+/m1/s1. The number of nitrogens with zero attached hydrogens (tertiary/aromatic N) is 3. The van der Waals surface area contributed by atoms with Gasteiger partial charge in [-0.15, -0.1) is 11.3 Å². The number of thiophene rings is 1. The van der Waals surface area contributed by atoms with Crippen molar-refractivity contribution >= 4 is 45.7 Å². The summed E-state index contributed by atoms with van der Waals surface area (Å²) in [6, 6.07) is 3.48. The van der Waals surface area contributed by atoms with Crippen LogP contribution in [0.15, 0.2) is 30.0 Å². The van der Waals surface area contributed by atoms with Crippen molar-refractivity contribution in [3.63, 3.8) is 0 Å². The van der Waals surface area contributed by atoms with Gasteiger partial charge in [-0.25, -0.2) is 9.97 Å². The Morgan fingerprint density at radius 2 is 2.12 bits per heavy atom. The minimum absolute atomic E-state index is 0.169. The monoisotopic (exact) mass is 477 g/mol. The largest absolute Gasteiger partial charge is 0.390 e. The second-order valence-corrected chi connectivity index (χ2v) is 9.52. The van der Waals surface area contributed by atoms with E-state index in [1.54, 1.807) is 28.4 Å². The molecular weight excluding hydrogens is 450 g/mol. The van der Waals surface area contributed by atoms with Gasteiger partial charge in [0.05, 0.1) is 35.1 Å². The first kappa shape index (κ1) is 23.0. The van der Waals surface area contributed by atoms with E-state index in [9.17, 15) is 15.0 Å². The van der Waals surface area contributed by atoms with Crippen LogP contribution in [0.25, 0.3) is 11.2 Å². The zero-order valence-corrected chi connectivity index (χ0v) is 19.6. The molecule has 1 fully saturated rings. The maximum Gasteiger partial charge on any atom is 0.225 e. The van der Waals surface area contributed by atoms with Crippen molar-refractivity contribution in [2.24, 2.45) is 5.92 Å². The molecule has 0 aromatic carbocycles. The molecule has 8 nitrogen and oxygen atoms in total. The number of rotatable bonds is 8. The zero-order chi connectivity index (χ0) is 22.8. The van der Waals surface area contributed by atoms with E-state index in [1.165, 1.54) is 0 Å². The van der Waals surface area contributed by atoms with Crippen LogP contribution in [0.2, 0.25) is 5.02 Å². The molecule has 3 aromatic rings. The highest BCUT2D eigenvalue weighted by molar-refractivity contribution is 7.10. The molecule has 3 heterocycles. The number of aromatic nitrogens is 3. The van der Waals surface area contributed by atoms with Gasteiger partial charge in [0.15, 0.2) is 5.65 Å². The minimum atomic E-state index is -1.13. The van der Waals surface area contributed by atoms with Gasteiger partial charge in [-0.1, -0.05) is 18.5 Å². The van der Waals surface area contributed by atoms with E-state index < -0.39 is 24.2 Å². The second kappa shape index (κ2) is 9.74. The highest BCUT2D eigenvalue weighted by atomic mass is 35.5. The maximum absolute atomic E-state index is 12.3. The third-order valence-corrected chi connectivity index (χ3v) is 7.54. The molecule has 172 valence electrons. The van der Waals surface area contributed by atoms with E-state index in [0.29, 0.717) is 24.1 Å². The minimum Gasteiger partial charge on any atom is -0.390 e. The fourth-order valence-corrected chi connectivity index (χ4v) is 5.55. The number of imidazole rings is 1. The Labute approximate surface area is 195 Å². The second-order valence-electron chi connectivity index (χ2n) is 8.11. The number of hydrogen-bond acceptors (Lipinski definition) is 7. The molecule has 1 aliphatic rings. The summed E-state index contributed by atoms with van der Waals surface area (Å²) in [5.74, 6) is -0.923. The van der Waals surface area contributed by atoms with Gasteiger partial charge in [-0.05, 0) is 37.3 Å². The Hall–Kier alpha value is -2.20. The molecule has 4 N–H and O–H groups in total. The fourth-order valence-electron chi connectivity index (χ4n) is 4.36. The number of aliphatic hydroxyl groups is 2. The van der Waals surface area contributed by atoms with Crippen LogP contribution < -0.4 is 10.6 Å². The molecule has 1 amide bonds. The van der Waals surface area contributed by atoms with E-state index in [0.717, 1.165) is 28.4 Å². The van der Waals surface area contributed by atoms with Crippen molar-refractivity contribution in [2.75, 3.05) is 11.9 Å². The average Bonchev–Trinajstić information content (AvgIpc) is 3.47. The molecule has 0 aliphatic heterocycles. The lowest BCUT2D eigenvalue weighted by molar-refractivity contribution is -0.128. The van der Waals surface area contributed by atoms with Gasteiger partial charge < -0.3 is 25.4 Å². The van der Waals surface area contributed by atoms with Gasteiger partial charge in [-0.3, -0.25) is 4.79 Å². The number of amides is 1. The Bertz CT molecular complexity index is 1090. The van der Waals surface area contributed by atoms with Crippen molar-refractivity contribution < 1.29 is 15.0 Å². The van der Waals surface area contributed by atoms with Crippen molar-refractivity contribution in [2.45, 2.75) is 57.4 Å². The van der Waals surface area contributed by atoms with Crippen LogP contribution >= 0.6 is 22.9 Å². The lowest BCUT2D eigenvalue weighted by Gasteiger charge is -2.19. The van der Waals surface area contributed by atoms with Gasteiger partial charge in [-0.2, -0.15) is 0 Å². The molecule has 10 heteroatoms. The molecular formula is C22H28ClN5O3S. The van der Waals surface area contributed by atoms with Crippen molar-refractivity contribution in [3.8, 4) is 0 Å². The number of anilines is 1. The number of carbonyl (C=O) groups is 1. The van der Waals surface area contributed by atoms with Crippen molar-refractivity contribution in [1.29, 1.82) is 0 Å². The average molecular weight is 478 g/mol. The number of pyridine rings is 1. The summed E-state index contributed by atoms with van der Waals surface area (Å²) in [5, 5.41) is 30.2. The van der Waals surface area contributed by atoms with Crippen LogP contribution in [-0.2, 0) is 11.2 Å². The highest BCUT2D eigenvalue weighted by Gasteiger charge is 2.46. The van der Waals surface area contributed by atoms with E-state index in [4.69, 9.17) is 11.6 Å². The summed E-state index contributed by atoms with van der Waals surface area (Å²) in [6.07, 6.45) is 3.13.